The first-order valence-corrected chi connectivity index (χ1v) is 7.28. The Labute approximate surface area is 123 Å². The van der Waals surface area contributed by atoms with Crippen LogP contribution in [-0.2, 0) is 4.79 Å². The van der Waals surface area contributed by atoms with Gasteiger partial charge < -0.3 is 14.7 Å². The lowest BCUT2D eigenvalue weighted by molar-refractivity contribution is -0.132. The quantitative estimate of drug-likeness (QED) is 0.841. The van der Waals surface area contributed by atoms with Crippen LogP contribution in [-0.4, -0.2) is 81.6 Å². The molecule has 21 heavy (non-hydrogen) atoms. The highest BCUT2D eigenvalue weighted by Gasteiger charge is 2.31. The zero-order chi connectivity index (χ0) is 14.8. The topological polar surface area (TPSA) is 85.4 Å². The summed E-state index contributed by atoms with van der Waals surface area (Å²) < 4.78 is 0. The molecule has 2 aliphatic rings. The van der Waals surface area contributed by atoms with Gasteiger partial charge in [0.15, 0.2) is 0 Å². The number of likely N-dealkylation sites (tertiary alicyclic amines) is 1. The van der Waals surface area contributed by atoms with Gasteiger partial charge in [0.25, 0.3) is 0 Å². The molecule has 2 fully saturated rings. The summed E-state index contributed by atoms with van der Waals surface area (Å²) in [5, 5.41) is 6.75. The van der Waals surface area contributed by atoms with Crippen LogP contribution in [0.5, 0.6) is 0 Å². The molecule has 8 heteroatoms. The van der Waals surface area contributed by atoms with Gasteiger partial charge in [0, 0.05) is 39.1 Å². The summed E-state index contributed by atoms with van der Waals surface area (Å²) in [6.07, 6.45) is 3.45. The molecular weight excluding hydrogens is 272 g/mol. The number of urea groups is 1. The minimum absolute atomic E-state index is 0.0165. The number of hydrogen-bond acceptors (Lipinski definition) is 4. The summed E-state index contributed by atoms with van der Waals surface area (Å²) in [6, 6.07) is -0.0628. The Morgan fingerprint density at radius 1 is 1.43 bits per heavy atom. The van der Waals surface area contributed by atoms with E-state index in [1.54, 1.807) is 16.8 Å². The molecule has 2 aliphatic heterocycles. The maximum absolute atomic E-state index is 12.4. The van der Waals surface area contributed by atoms with Crippen LogP contribution in [0.1, 0.15) is 24.6 Å². The lowest BCUT2D eigenvalue weighted by Gasteiger charge is -2.32. The van der Waals surface area contributed by atoms with Crippen molar-refractivity contribution in [2.45, 2.75) is 18.8 Å². The second-order valence-electron chi connectivity index (χ2n) is 5.68. The summed E-state index contributed by atoms with van der Waals surface area (Å²) in [5.74, 6) is 1.06. The average molecular weight is 292 g/mol. The van der Waals surface area contributed by atoms with Crippen molar-refractivity contribution < 1.29 is 9.59 Å². The SMILES string of the molecule is CN1CCN(CC(=O)N2CCC[C@H](c3ncn[nH]3)C2)C1=O. The molecule has 0 aromatic carbocycles. The van der Waals surface area contributed by atoms with E-state index in [0.29, 0.717) is 19.6 Å². The molecule has 3 amide bonds. The fourth-order valence-electron chi connectivity index (χ4n) is 2.95. The normalized spacial score (nSPS) is 23.0. The minimum atomic E-state index is -0.0628. The van der Waals surface area contributed by atoms with E-state index in [0.717, 1.165) is 25.2 Å². The van der Waals surface area contributed by atoms with Gasteiger partial charge in [0.2, 0.25) is 5.91 Å². The van der Waals surface area contributed by atoms with E-state index in [2.05, 4.69) is 15.2 Å². The van der Waals surface area contributed by atoms with Gasteiger partial charge >= 0.3 is 6.03 Å². The maximum atomic E-state index is 12.4. The third-order valence-corrected chi connectivity index (χ3v) is 4.22. The molecule has 2 saturated heterocycles. The number of nitrogens with one attached hydrogen (secondary N) is 1. The van der Waals surface area contributed by atoms with E-state index in [-0.39, 0.29) is 24.4 Å². The summed E-state index contributed by atoms with van der Waals surface area (Å²) in [4.78, 5) is 33.5. The Morgan fingerprint density at radius 3 is 2.95 bits per heavy atom. The summed E-state index contributed by atoms with van der Waals surface area (Å²) in [7, 11) is 1.76. The summed E-state index contributed by atoms with van der Waals surface area (Å²) >= 11 is 0. The number of H-pyrrole nitrogens is 1. The first kappa shape index (κ1) is 13.8. The van der Waals surface area contributed by atoms with Crippen molar-refractivity contribution in [3.8, 4) is 0 Å². The van der Waals surface area contributed by atoms with Crippen LogP contribution in [0.4, 0.5) is 4.79 Å². The molecule has 0 saturated carbocycles. The highest BCUT2D eigenvalue weighted by atomic mass is 16.2. The van der Waals surface area contributed by atoms with E-state index < -0.39 is 0 Å². The Hall–Kier alpha value is -2.12. The minimum Gasteiger partial charge on any atom is -0.340 e. The fourth-order valence-corrected chi connectivity index (χ4v) is 2.95. The Kier molecular flexibility index (Phi) is 3.76. The third kappa shape index (κ3) is 2.84. The lowest BCUT2D eigenvalue weighted by atomic mass is 9.97. The molecular formula is C13H20N6O2. The van der Waals surface area contributed by atoms with Gasteiger partial charge in [-0.05, 0) is 12.8 Å². The average Bonchev–Trinajstić information content (AvgIpc) is 3.13. The number of nitrogens with zero attached hydrogens (tertiary/aromatic N) is 5. The van der Waals surface area contributed by atoms with Crippen LogP contribution >= 0.6 is 0 Å². The Balaban J connectivity index is 1.58. The van der Waals surface area contributed by atoms with Gasteiger partial charge in [-0.2, -0.15) is 5.10 Å². The molecule has 1 aromatic rings. The lowest BCUT2D eigenvalue weighted by Crippen LogP contribution is -2.45. The standard InChI is InChI=1S/C13H20N6O2/c1-17-5-6-19(13(17)21)8-11(20)18-4-2-3-10(7-18)12-14-9-15-16-12/h9-10H,2-8H2,1H3,(H,14,15,16)/t10-/m0/s1. The summed E-state index contributed by atoms with van der Waals surface area (Å²) in [6.45, 7) is 2.88. The third-order valence-electron chi connectivity index (χ3n) is 4.22. The predicted molar refractivity (Wildman–Crippen MR) is 74.5 cm³/mol. The van der Waals surface area contributed by atoms with Crippen molar-refractivity contribution in [1.82, 2.24) is 29.9 Å². The van der Waals surface area contributed by atoms with Gasteiger partial charge in [0.05, 0.1) is 0 Å². The molecule has 8 nitrogen and oxygen atoms in total. The molecule has 1 atom stereocenters. The van der Waals surface area contributed by atoms with E-state index >= 15 is 0 Å². The van der Waals surface area contributed by atoms with Crippen molar-refractivity contribution >= 4 is 11.9 Å². The molecule has 0 bridgehead atoms. The van der Waals surface area contributed by atoms with Crippen LogP contribution in [0.2, 0.25) is 0 Å². The zero-order valence-electron chi connectivity index (χ0n) is 12.2. The number of rotatable bonds is 3. The number of aromatic amines is 1. The maximum Gasteiger partial charge on any atom is 0.320 e. The predicted octanol–water partition coefficient (Wildman–Crippen LogP) is -0.122. The first-order valence-electron chi connectivity index (χ1n) is 7.28. The number of carbonyl (C=O) groups is 2. The van der Waals surface area contributed by atoms with Gasteiger partial charge in [-0.1, -0.05) is 0 Å². The van der Waals surface area contributed by atoms with Gasteiger partial charge in [-0.25, -0.2) is 9.78 Å². The highest BCUT2D eigenvalue weighted by Crippen LogP contribution is 2.24. The zero-order valence-corrected chi connectivity index (χ0v) is 12.2. The fraction of sp³-hybridized carbons (Fsp3) is 0.692. The molecule has 114 valence electrons. The number of likely N-dealkylation sites (N-methyl/N-ethyl adjacent to an activating group) is 1. The number of carbonyl (C=O) groups excluding carboxylic acids is 2. The molecule has 3 heterocycles. The van der Waals surface area contributed by atoms with Crippen molar-refractivity contribution in [2.75, 3.05) is 39.8 Å². The smallest absolute Gasteiger partial charge is 0.320 e. The molecule has 0 unspecified atom stereocenters. The van der Waals surface area contributed by atoms with Crippen LogP contribution in [0.3, 0.4) is 0 Å². The van der Waals surface area contributed by atoms with E-state index in [9.17, 15) is 9.59 Å². The number of aromatic nitrogens is 3. The van der Waals surface area contributed by atoms with Gasteiger partial charge in [-0.3, -0.25) is 9.89 Å². The Bertz CT molecular complexity index is 517. The molecule has 3 rings (SSSR count). The second kappa shape index (κ2) is 5.71. The largest absolute Gasteiger partial charge is 0.340 e. The van der Waals surface area contributed by atoms with E-state index in [1.165, 1.54) is 6.33 Å². The highest BCUT2D eigenvalue weighted by molar-refractivity contribution is 5.85. The van der Waals surface area contributed by atoms with Crippen molar-refractivity contribution in [1.29, 1.82) is 0 Å². The molecule has 0 spiro atoms. The monoisotopic (exact) mass is 292 g/mol. The molecule has 1 N–H and O–H groups in total. The van der Waals surface area contributed by atoms with Crippen molar-refractivity contribution in [2.24, 2.45) is 0 Å². The van der Waals surface area contributed by atoms with Crippen LogP contribution < -0.4 is 0 Å². The van der Waals surface area contributed by atoms with Crippen LogP contribution in [0, 0.1) is 0 Å². The molecule has 0 aliphatic carbocycles. The van der Waals surface area contributed by atoms with Gasteiger partial charge in [-0.15, -0.1) is 0 Å². The molecule has 1 aromatic heterocycles. The van der Waals surface area contributed by atoms with E-state index in [4.69, 9.17) is 0 Å². The second-order valence-corrected chi connectivity index (χ2v) is 5.68. The van der Waals surface area contributed by atoms with E-state index in [1.807, 2.05) is 4.90 Å². The summed E-state index contributed by atoms with van der Waals surface area (Å²) in [5.41, 5.74) is 0. The molecule has 0 radical (unpaired) electrons. The van der Waals surface area contributed by atoms with Crippen molar-refractivity contribution in [3.05, 3.63) is 12.2 Å². The van der Waals surface area contributed by atoms with Crippen molar-refractivity contribution in [3.63, 3.8) is 0 Å². The Morgan fingerprint density at radius 2 is 2.29 bits per heavy atom. The van der Waals surface area contributed by atoms with Gasteiger partial charge in [0.1, 0.15) is 18.7 Å². The number of amides is 3. The number of hydrogen-bond donors (Lipinski definition) is 1. The van der Waals surface area contributed by atoms with Crippen LogP contribution in [0.15, 0.2) is 6.33 Å². The number of piperidine rings is 1. The van der Waals surface area contributed by atoms with Crippen LogP contribution in [0.25, 0.3) is 0 Å². The first-order chi connectivity index (χ1) is 10.1.